The second-order valence-electron chi connectivity index (χ2n) is 9.43. The molecule has 0 radical (unpaired) electrons. The predicted molar refractivity (Wildman–Crippen MR) is 151 cm³/mol. The predicted octanol–water partition coefficient (Wildman–Crippen LogP) is 0.660. The molecular formula is C30H28KN6O4+. The van der Waals surface area contributed by atoms with Crippen molar-refractivity contribution in [3.8, 4) is 22.6 Å². The summed E-state index contributed by atoms with van der Waals surface area (Å²) in [5, 5.41) is 14.1. The molecule has 0 spiro atoms. The van der Waals surface area contributed by atoms with Gasteiger partial charge in [0, 0.05) is 17.5 Å². The average molecular weight is 576 g/mol. The quantitative estimate of drug-likeness (QED) is 0.261. The molecule has 0 fully saturated rings. The number of fused-ring (bicyclic) bond motifs is 1. The van der Waals surface area contributed by atoms with Gasteiger partial charge in [0.05, 0.1) is 18.5 Å². The fourth-order valence-corrected chi connectivity index (χ4v) is 5.03. The Morgan fingerprint density at radius 1 is 1.02 bits per heavy atom. The van der Waals surface area contributed by atoms with Crippen LogP contribution in [0, 0.1) is 0 Å². The van der Waals surface area contributed by atoms with E-state index in [1.807, 2.05) is 72.8 Å². The Kier molecular flexibility index (Phi) is 9.14. The molecule has 3 heterocycles. The second kappa shape index (κ2) is 12.8. The zero-order valence-corrected chi connectivity index (χ0v) is 26.2. The zero-order valence-electron chi connectivity index (χ0n) is 23.1. The zero-order chi connectivity index (χ0) is 27.6. The number of nitrogens with zero attached hydrogens (tertiary/aromatic N) is 5. The molecule has 10 nitrogen and oxygen atoms in total. The molecule has 11 heteroatoms. The third-order valence-electron chi connectivity index (χ3n) is 6.94. The molecule has 1 aliphatic heterocycles. The maximum atomic E-state index is 14.0. The van der Waals surface area contributed by atoms with Crippen molar-refractivity contribution >= 4 is 11.6 Å². The molecule has 0 amide bonds. The van der Waals surface area contributed by atoms with Gasteiger partial charge in [-0.1, -0.05) is 61.9 Å². The molecule has 2 N–H and O–H groups in total. The van der Waals surface area contributed by atoms with Crippen molar-refractivity contribution in [2.24, 2.45) is 4.99 Å². The first-order valence-electron chi connectivity index (χ1n) is 13.0. The minimum atomic E-state index is -1.23. The van der Waals surface area contributed by atoms with E-state index in [4.69, 9.17) is 9.57 Å². The van der Waals surface area contributed by atoms with E-state index in [2.05, 4.69) is 27.5 Å². The number of aromatic nitrogens is 4. The Hall–Kier alpha value is -3.16. The van der Waals surface area contributed by atoms with Crippen LogP contribution in [-0.4, -0.2) is 43.6 Å². The van der Waals surface area contributed by atoms with Crippen LogP contribution < -0.4 is 67.2 Å². The fourth-order valence-electron chi connectivity index (χ4n) is 5.03. The van der Waals surface area contributed by atoms with Gasteiger partial charge in [0.15, 0.2) is 5.84 Å². The first kappa shape index (κ1) is 29.3. The number of rotatable bonds is 8. The second-order valence-corrected chi connectivity index (χ2v) is 9.43. The summed E-state index contributed by atoms with van der Waals surface area (Å²) >= 11 is 0. The number of ether oxygens (including phenoxy) is 1. The van der Waals surface area contributed by atoms with Crippen molar-refractivity contribution in [2.75, 3.05) is 7.11 Å². The van der Waals surface area contributed by atoms with Crippen LogP contribution in [0.2, 0.25) is 0 Å². The number of benzene rings is 3. The Labute approximate surface area is 279 Å². The van der Waals surface area contributed by atoms with Gasteiger partial charge in [-0.05, 0) is 47.4 Å². The largest absolute Gasteiger partial charge is 1.00 e. The van der Waals surface area contributed by atoms with Gasteiger partial charge in [0.1, 0.15) is 12.1 Å². The maximum Gasteiger partial charge on any atom is 1.00 e. The number of aliphatic hydroxyl groups excluding tert-OH is 1. The van der Waals surface area contributed by atoms with Crippen LogP contribution in [0.4, 0.5) is 0 Å². The first-order chi connectivity index (χ1) is 19.6. The van der Waals surface area contributed by atoms with Gasteiger partial charge < -0.3 is 9.84 Å². The SMILES string of the molecule is CCCc1c(Cc2ccc(-c3ccccc3C3=NC(O)ON3)cc2)c(=O)n(-c2ccc(OC)cc2)c2ncnn12.[K+]. The minimum absolute atomic E-state index is 0. The van der Waals surface area contributed by atoms with Crippen LogP contribution in [0.5, 0.6) is 5.75 Å². The van der Waals surface area contributed by atoms with E-state index in [0.717, 1.165) is 34.4 Å². The van der Waals surface area contributed by atoms with Gasteiger partial charge in [-0.25, -0.2) is 24.4 Å². The van der Waals surface area contributed by atoms with Crippen LogP contribution >= 0.6 is 0 Å². The van der Waals surface area contributed by atoms with Crippen LogP contribution in [0.15, 0.2) is 88.9 Å². The van der Waals surface area contributed by atoms with E-state index >= 15 is 0 Å². The van der Waals surface area contributed by atoms with Crippen molar-refractivity contribution in [3.05, 3.63) is 112 Å². The Morgan fingerprint density at radius 3 is 2.41 bits per heavy atom. The molecule has 6 rings (SSSR count). The summed E-state index contributed by atoms with van der Waals surface area (Å²) in [6.45, 7) is 2.08. The molecule has 2 aromatic heterocycles. The molecule has 5 aromatic rings. The topological polar surface area (TPSA) is 115 Å². The number of amidine groups is 1. The van der Waals surface area contributed by atoms with Crippen molar-refractivity contribution in [3.63, 3.8) is 0 Å². The average Bonchev–Trinajstić information content (AvgIpc) is 3.65. The van der Waals surface area contributed by atoms with Crippen LogP contribution in [0.1, 0.15) is 35.7 Å². The summed E-state index contributed by atoms with van der Waals surface area (Å²) in [7, 11) is 1.61. The molecule has 0 aliphatic carbocycles. The third kappa shape index (κ3) is 5.79. The molecule has 3 aromatic carbocycles. The first-order valence-corrected chi connectivity index (χ1v) is 13.0. The molecule has 0 saturated heterocycles. The van der Waals surface area contributed by atoms with E-state index < -0.39 is 6.41 Å². The molecule has 1 unspecified atom stereocenters. The van der Waals surface area contributed by atoms with Gasteiger partial charge in [-0.2, -0.15) is 10.1 Å². The van der Waals surface area contributed by atoms with Crippen LogP contribution in [0.25, 0.3) is 22.6 Å². The summed E-state index contributed by atoms with van der Waals surface area (Å²) in [4.78, 5) is 27.5. The Bertz CT molecular complexity index is 1760. The van der Waals surface area contributed by atoms with E-state index in [-0.39, 0.29) is 56.9 Å². The molecule has 0 saturated carbocycles. The number of aryl methyl sites for hydroxylation is 1. The number of nitrogens with one attached hydrogen (secondary N) is 1. The summed E-state index contributed by atoms with van der Waals surface area (Å²) in [5.74, 6) is 1.65. The van der Waals surface area contributed by atoms with E-state index in [1.54, 1.807) is 16.2 Å². The van der Waals surface area contributed by atoms with Gasteiger partial charge in [-0.15, -0.1) is 0 Å². The molecular weight excluding hydrogens is 547 g/mol. The van der Waals surface area contributed by atoms with Gasteiger partial charge in [0.25, 0.3) is 12.0 Å². The van der Waals surface area contributed by atoms with E-state index in [1.165, 1.54) is 6.33 Å². The van der Waals surface area contributed by atoms with Crippen molar-refractivity contribution < 1.29 is 66.1 Å². The normalized spacial score (nSPS) is 14.4. The van der Waals surface area contributed by atoms with E-state index in [0.29, 0.717) is 41.5 Å². The smallest absolute Gasteiger partial charge is 0.497 e. The standard InChI is InChI=1S/C30H28N6O4.K/c1-3-6-26-25(28(37)35(29-31-18-32-36(26)29)21-13-15-22(39-2)16-14-21)17-19-9-11-20(12-10-19)23-7-4-5-8-24(23)27-33-30(38)40-34-27;/h4-5,7-16,18,30,38H,3,6,17H2,1-2H3,(H,33,34);/q;+1. The summed E-state index contributed by atoms with van der Waals surface area (Å²) in [6.07, 6.45) is 2.25. The Balaban J connectivity index is 0.00000337. The van der Waals surface area contributed by atoms with E-state index in [9.17, 15) is 9.90 Å². The van der Waals surface area contributed by atoms with Gasteiger partial charge in [-0.3, -0.25) is 4.79 Å². The molecule has 202 valence electrons. The summed E-state index contributed by atoms with van der Waals surface area (Å²) in [6, 6.07) is 23.2. The van der Waals surface area contributed by atoms with Gasteiger partial charge >= 0.3 is 51.4 Å². The number of aliphatic imine (C=N–C) groups is 1. The van der Waals surface area contributed by atoms with Crippen LogP contribution in [0.3, 0.4) is 0 Å². The molecule has 41 heavy (non-hydrogen) atoms. The minimum Gasteiger partial charge on any atom is -0.497 e. The molecule has 1 atom stereocenters. The number of hydroxylamine groups is 1. The summed E-state index contributed by atoms with van der Waals surface area (Å²) < 4.78 is 8.68. The number of hydrogen-bond donors (Lipinski definition) is 2. The summed E-state index contributed by atoms with van der Waals surface area (Å²) in [5.41, 5.74) is 8.52. The number of hydrogen-bond acceptors (Lipinski definition) is 8. The maximum absolute atomic E-state index is 14.0. The monoisotopic (exact) mass is 575 g/mol. The molecule has 0 bridgehead atoms. The number of methoxy groups -OCH3 is 1. The van der Waals surface area contributed by atoms with Crippen molar-refractivity contribution in [1.82, 2.24) is 24.6 Å². The van der Waals surface area contributed by atoms with Crippen molar-refractivity contribution in [1.29, 1.82) is 0 Å². The number of aliphatic hydroxyl groups is 1. The van der Waals surface area contributed by atoms with Crippen LogP contribution in [-0.2, 0) is 17.7 Å². The van der Waals surface area contributed by atoms with Crippen molar-refractivity contribution in [2.45, 2.75) is 32.6 Å². The molecule has 1 aliphatic rings. The third-order valence-corrected chi connectivity index (χ3v) is 6.94. The Morgan fingerprint density at radius 2 is 1.76 bits per heavy atom. The van der Waals surface area contributed by atoms with Gasteiger partial charge in [0.2, 0.25) is 5.78 Å². The fraction of sp³-hybridized carbons (Fsp3) is 0.200.